The van der Waals surface area contributed by atoms with E-state index in [-0.39, 0.29) is 33.2 Å². The van der Waals surface area contributed by atoms with Gasteiger partial charge in [0.15, 0.2) is 17.5 Å². The third-order valence-electron chi connectivity index (χ3n) is 5.84. The summed E-state index contributed by atoms with van der Waals surface area (Å²) in [5.41, 5.74) is -1.38. The molecule has 0 radical (unpaired) electrons. The van der Waals surface area contributed by atoms with E-state index in [2.05, 4.69) is 0 Å². The first-order chi connectivity index (χ1) is 16.7. The maximum Gasteiger partial charge on any atom is 0.194 e. The Balaban J connectivity index is 2.06. The zero-order chi connectivity index (χ0) is 25.0. The van der Waals surface area contributed by atoms with Gasteiger partial charge in [0, 0.05) is 34.0 Å². The van der Waals surface area contributed by atoms with Gasteiger partial charge in [-0.3, -0.25) is 0 Å². The highest BCUT2D eigenvalue weighted by Crippen LogP contribution is 2.47. The molecule has 0 aliphatic heterocycles. The Labute approximate surface area is 194 Å². The van der Waals surface area contributed by atoms with Crippen LogP contribution in [0.5, 0.6) is 5.75 Å². The molecule has 5 aromatic rings. The summed E-state index contributed by atoms with van der Waals surface area (Å²) in [6, 6.07) is 10.5. The van der Waals surface area contributed by atoms with Crippen LogP contribution in [0, 0.1) is 40.7 Å². The molecule has 35 heavy (non-hydrogen) atoms. The molecule has 0 aliphatic rings. The monoisotopic (exact) mass is 486 g/mol. The van der Waals surface area contributed by atoms with Gasteiger partial charge in [-0.25, -0.2) is 30.7 Å². The van der Waals surface area contributed by atoms with Crippen LogP contribution in [-0.2, 0) is 0 Å². The van der Waals surface area contributed by atoms with E-state index in [1.54, 1.807) is 0 Å². The van der Waals surface area contributed by atoms with Gasteiger partial charge in [0.05, 0.1) is 12.7 Å². The van der Waals surface area contributed by atoms with Crippen molar-refractivity contribution in [2.75, 3.05) is 7.11 Å². The Bertz CT molecular complexity index is 1610. The molecule has 0 saturated heterocycles. The Morgan fingerprint density at radius 1 is 0.514 bits per heavy atom. The Morgan fingerprint density at radius 2 is 1.00 bits per heavy atom. The zero-order valence-corrected chi connectivity index (χ0v) is 17.8. The normalized spacial score (nSPS) is 11.4. The second-order valence-corrected chi connectivity index (χ2v) is 7.79. The number of methoxy groups -OCH3 is 1. The van der Waals surface area contributed by atoms with Gasteiger partial charge in [0.2, 0.25) is 0 Å². The lowest BCUT2D eigenvalue weighted by molar-refractivity contribution is 0.407. The fourth-order valence-electron chi connectivity index (χ4n) is 4.40. The molecule has 0 aliphatic carbocycles. The molecule has 0 N–H and O–H groups in total. The van der Waals surface area contributed by atoms with Crippen LogP contribution in [0.3, 0.4) is 0 Å². The van der Waals surface area contributed by atoms with Crippen LogP contribution in [0.15, 0.2) is 60.7 Å². The third-order valence-corrected chi connectivity index (χ3v) is 5.84. The van der Waals surface area contributed by atoms with Gasteiger partial charge >= 0.3 is 0 Å². The predicted octanol–water partition coefficient (Wildman–Crippen LogP) is 8.31. The molecule has 5 aromatic carbocycles. The van der Waals surface area contributed by atoms with Crippen LogP contribution in [0.1, 0.15) is 0 Å². The molecular formula is C27H13F7O. The van der Waals surface area contributed by atoms with Crippen molar-refractivity contribution >= 4 is 21.5 Å². The summed E-state index contributed by atoms with van der Waals surface area (Å²) in [4.78, 5) is 0. The van der Waals surface area contributed by atoms with Crippen LogP contribution < -0.4 is 4.74 Å². The van der Waals surface area contributed by atoms with Crippen LogP contribution in [0.2, 0.25) is 0 Å². The zero-order valence-electron chi connectivity index (χ0n) is 17.8. The number of ether oxygens (including phenoxy) is 1. The lowest BCUT2D eigenvalue weighted by Gasteiger charge is -2.19. The molecule has 0 bridgehead atoms. The first-order valence-corrected chi connectivity index (χ1v) is 10.2. The van der Waals surface area contributed by atoms with E-state index in [4.69, 9.17) is 4.74 Å². The summed E-state index contributed by atoms with van der Waals surface area (Å²) in [5, 5.41) is -0.794. The second kappa shape index (κ2) is 8.30. The van der Waals surface area contributed by atoms with Crippen molar-refractivity contribution < 1.29 is 35.5 Å². The van der Waals surface area contributed by atoms with Gasteiger partial charge in [-0.1, -0.05) is 24.3 Å². The number of rotatable bonds is 3. The minimum absolute atomic E-state index is 0.0765. The summed E-state index contributed by atoms with van der Waals surface area (Å²) in [6.07, 6.45) is 0. The number of halogens is 7. The van der Waals surface area contributed by atoms with Gasteiger partial charge in [-0.15, -0.1) is 0 Å². The lowest BCUT2D eigenvalue weighted by atomic mass is 9.85. The minimum atomic E-state index is -1.73. The maximum absolute atomic E-state index is 15.3. The van der Waals surface area contributed by atoms with Crippen molar-refractivity contribution in [2.45, 2.75) is 0 Å². The van der Waals surface area contributed by atoms with E-state index in [0.29, 0.717) is 12.1 Å². The first-order valence-electron chi connectivity index (χ1n) is 10.2. The van der Waals surface area contributed by atoms with Gasteiger partial charge in [-0.05, 0) is 40.6 Å². The molecular weight excluding hydrogens is 473 g/mol. The smallest absolute Gasteiger partial charge is 0.194 e. The Hall–Kier alpha value is -4.07. The third kappa shape index (κ3) is 3.48. The molecule has 176 valence electrons. The average molecular weight is 486 g/mol. The number of benzene rings is 5. The molecule has 0 atom stereocenters. The quantitative estimate of drug-likeness (QED) is 0.142. The molecule has 8 heteroatoms. The van der Waals surface area contributed by atoms with Gasteiger partial charge in [0.1, 0.15) is 29.0 Å². The molecule has 0 heterocycles. The molecule has 0 saturated carbocycles. The van der Waals surface area contributed by atoms with Crippen LogP contribution in [0.4, 0.5) is 30.7 Å². The van der Waals surface area contributed by atoms with Crippen molar-refractivity contribution in [1.29, 1.82) is 0 Å². The van der Waals surface area contributed by atoms with E-state index in [1.807, 2.05) is 0 Å². The molecule has 1 nitrogen and oxygen atoms in total. The maximum atomic E-state index is 15.3. The molecule has 0 unspecified atom stereocenters. The van der Waals surface area contributed by atoms with Crippen LogP contribution in [0.25, 0.3) is 43.8 Å². The average Bonchev–Trinajstić information content (AvgIpc) is 2.83. The summed E-state index contributed by atoms with van der Waals surface area (Å²) in [5.74, 6) is -9.15. The summed E-state index contributed by atoms with van der Waals surface area (Å²) < 4.78 is 108. The number of hydrogen-bond acceptors (Lipinski definition) is 1. The standard InChI is InChI=1S/C27H13F7O/c1-35-13-10-18(30)24(19(31)11-13)23-15-5-3-2-4-14(15)22(12-8-20(32)27(34)21(33)9-12)25-16(28)6-7-17(29)26(23)25/h2-11H,1H3. The van der Waals surface area contributed by atoms with E-state index < -0.39 is 57.1 Å². The second-order valence-electron chi connectivity index (χ2n) is 7.79. The molecule has 0 fully saturated rings. The topological polar surface area (TPSA) is 9.23 Å². The van der Waals surface area contributed by atoms with Crippen LogP contribution >= 0.6 is 0 Å². The SMILES string of the molecule is COc1cc(F)c(-c2c3ccccc3c(-c3cc(F)c(F)c(F)c3)c3c(F)ccc(F)c23)c(F)c1. The van der Waals surface area contributed by atoms with Crippen molar-refractivity contribution in [3.8, 4) is 28.0 Å². The molecule has 5 rings (SSSR count). The highest BCUT2D eigenvalue weighted by molar-refractivity contribution is 6.21. The summed E-state index contributed by atoms with van der Waals surface area (Å²) in [6.45, 7) is 0. The van der Waals surface area contributed by atoms with E-state index in [1.165, 1.54) is 31.4 Å². The van der Waals surface area contributed by atoms with Crippen molar-refractivity contribution in [2.24, 2.45) is 0 Å². The summed E-state index contributed by atoms with van der Waals surface area (Å²) >= 11 is 0. The summed E-state index contributed by atoms with van der Waals surface area (Å²) in [7, 11) is 1.21. The van der Waals surface area contributed by atoms with Crippen LogP contribution in [-0.4, -0.2) is 7.11 Å². The lowest BCUT2D eigenvalue weighted by Crippen LogP contribution is -2.00. The van der Waals surface area contributed by atoms with E-state index in [9.17, 15) is 13.2 Å². The highest BCUT2D eigenvalue weighted by Gasteiger charge is 2.26. The molecule has 0 aromatic heterocycles. The largest absolute Gasteiger partial charge is 0.497 e. The molecule has 0 amide bonds. The fraction of sp³-hybridized carbons (Fsp3) is 0.0370. The van der Waals surface area contributed by atoms with Crippen molar-refractivity contribution in [3.05, 3.63) is 101 Å². The number of hydrogen-bond donors (Lipinski definition) is 0. The van der Waals surface area contributed by atoms with Crippen molar-refractivity contribution in [1.82, 2.24) is 0 Å². The minimum Gasteiger partial charge on any atom is -0.497 e. The molecule has 0 spiro atoms. The van der Waals surface area contributed by atoms with Gasteiger partial charge in [0.25, 0.3) is 0 Å². The fourth-order valence-corrected chi connectivity index (χ4v) is 4.40. The Kier molecular flexibility index (Phi) is 5.39. The Morgan fingerprint density at radius 3 is 1.51 bits per heavy atom. The van der Waals surface area contributed by atoms with Gasteiger partial charge in [-0.2, -0.15) is 0 Å². The number of fused-ring (bicyclic) bond motifs is 2. The first kappa shape index (κ1) is 22.7. The van der Waals surface area contributed by atoms with E-state index >= 15 is 17.6 Å². The van der Waals surface area contributed by atoms with E-state index in [0.717, 1.165) is 24.3 Å². The predicted molar refractivity (Wildman–Crippen MR) is 119 cm³/mol. The van der Waals surface area contributed by atoms with Crippen molar-refractivity contribution in [3.63, 3.8) is 0 Å². The van der Waals surface area contributed by atoms with Gasteiger partial charge < -0.3 is 4.74 Å². The highest BCUT2D eigenvalue weighted by atomic mass is 19.2.